The molecule has 6 heteroatoms. The van der Waals surface area contributed by atoms with E-state index in [1.54, 1.807) is 24.3 Å². The van der Waals surface area contributed by atoms with E-state index in [1.165, 1.54) is 5.56 Å². The van der Waals surface area contributed by atoms with Gasteiger partial charge in [-0.3, -0.25) is 9.59 Å². The Morgan fingerprint density at radius 1 is 1.10 bits per heavy atom. The van der Waals surface area contributed by atoms with Crippen LogP contribution in [0.25, 0.3) is 5.69 Å². The topological polar surface area (TPSA) is 76.0 Å². The molecule has 0 atom stereocenters. The van der Waals surface area contributed by atoms with Crippen molar-refractivity contribution in [1.82, 2.24) is 15.1 Å². The summed E-state index contributed by atoms with van der Waals surface area (Å²) < 4.78 is 1.86. The fraction of sp³-hybridized carbons (Fsp3) is 0.208. The van der Waals surface area contributed by atoms with Gasteiger partial charge >= 0.3 is 0 Å². The van der Waals surface area contributed by atoms with E-state index >= 15 is 0 Å². The first-order valence-corrected chi connectivity index (χ1v) is 9.88. The van der Waals surface area contributed by atoms with Gasteiger partial charge in [0.25, 0.3) is 11.8 Å². The van der Waals surface area contributed by atoms with Crippen LogP contribution in [0.2, 0.25) is 0 Å². The van der Waals surface area contributed by atoms with Gasteiger partial charge in [0.2, 0.25) is 0 Å². The van der Waals surface area contributed by atoms with Crippen molar-refractivity contribution in [1.29, 1.82) is 0 Å². The summed E-state index contributed by atoms with van der Waals surface area (Å²) in [6, 6.07) is 14.9. The molecule has 1 heterocycles. The number of aromatic nitrogens is 2. The van der Waals surface area contributed by atoms with Crippen LogP contribution >= 0.6 is 0 Å². The molecule has 1 aliphatic rings. The minimum Gasteiger partial charge on any atom is -0.341 e. The lowest BCUT2D eigenvalue weighted by Gasteiger charge is -2.10. The van der Waals surface area contributed by atoms with Crippen LogP contribution in [0.4, 0.5) is 5.69 Å². The molecule has 0 fully saturated rings. The largest absolute Gasteiger partial charge is 0.341 e. The van der Waals surface area contributed by atoms with Gasteiger partial charge in [-0.1, -0.05) is 35.7 Å². The molecular formula is C24H22N4O2. The number of terminal acetylenes is 1. The quantitative estimate of drug-likeness (QED) is 0.648. The van der Waals surface area contributed by atoms with Crippen LogP contribution in [0.3, 0.4) is 0 Å². The van der Waals surface area contributed by atoms with Gasteiger partial charge in [0.05, 0.1) is 23.5 Å². The first kappa shape index (κ1) is 19.5. The number of carbonyl (C=O) groups is 2. The molecule has 2 N–H and O–H groups in total. The molecule has 150 valence electrons. The van der Waals surface area contributed by atoms with Gasteiger partial charge < -0.3 is 10.6 Å². The second kappa shape index (κ2) is 8.26. The Morgan fingerprint density at radius 2 is 1.87 bits per heavy atom. The Balaban J connectivity index is 1.64. The third kappa shape index (κ3) is 3.70. The molecule has 0 spiro atoms. The predicted octanol–water partition coefficient (Wildman–Crippen LogP) is 3.28. The highest BCUT2D eigenvalue weighted by molar-refractivity contribution is 6.09. The van der Waals surface area contributed by atoms with Crippen LogP contribution in [0, 0.1) is 19.3 Å². The van der Waals surface area contributed by atoms with Crippen LogP contribution in [0.1, 0.15) is 44.1 Å². The summed E-state index contributed by atoms with van der Waals surface area (Å²) in [4.78, 5) is 25.5. The molecule has 2 aromatic carbocycles. The van der Waals surface area contributed by atoms with Crippen molar-refractivity contribution in [3.8, 4) is 18.0 Å². The number of anilines is 1. The molecule has 1 aromatic heterocycles. The SMILES string of the molecule is C#CCNC(=O)c1ccccc1NC(=O)c1nn(-c2ccc(C)cc2)c2c1CCC2. The van der Waals surface area contributed by atoms with Gasteiger partial charge in [0.15, 0.2) is 5.69 Å². The lowest BCUT2D eigenvalue weighted by molar-refractivity contribution is 0.0959. The molecule has 3 aromatic rings. The van der Waals surface area contributed by atoms with Crippen molar-refractivity contribution in [3.05, 3.63) is 76.6 Å². The predicted molar refractivity (Wildman–Crippen MR) is 116 cm³/mol. The fourth-order valence-corrected chi connectivity index (χ4v) is 3.72. The smallest absolute Gasteiger partial charge is 0.276 e. The maximum atomic E-state index is 13.1. The van der Waals surface area contributed by atoms with E-state index in [2.05, 4.69) is 21.7 Å². The molecule has 2 amide bonds. The number of benzene rings is 2. The average Bonchev–Trinajstić information content (AvgIpc) is 3.36. The van der Waals surface area contributed by atoms with Gasteiger partial charge in [0.1, 0.15) is 0 Å². The van der Waals surface area contributed by atoms with Crippen LogP contribution in [0.15, 0.2) is 48.5 Å². The Bertz CT molecular complexity index is 1150. The molecule has 0 saturated heterocycles. The zero-order valence-corrected chi connectivity index (χ0v) is 16.7. The first-order valence-electron chi connectivity index (χ1n) is 9.88. The lowest BCUT2D eigenvalue weighted by Crippen LogP contribution is -2.25. The zero-order valence-electron chi connectivity index (χ0n) is 16.7. The molecule has 4 rings (SSSR count). The number of nitrogens with zero attached hydrogens (tertiary/aromatic N) is 2. The number of hydrogen-bond acceptors (Lipinski definition) is 3. The maximum Gasteiger partial charge on any atom is 0.276 e. The van der Waals surface area contributed by atoms with Gasteiger partial charge in [-0.05, 0) is 50.5 Å². The van der Waals surface area contributed by atoms with E-state index < -0.39 is 0 Å². The lowest BCUT2D eigenvalue weighted by atomic mass is 10.1. The van der Waals surface area contributed by atoms with Crippen molar-refractivity contribution >= 4 is 17.5 Å². The monoisotopic (exact) mass is 398 g/mol. The number of para-hydroxylation sites is 1. The van der Waals surface area contributed by atoms with Crippen LogP contribution in [-0.2, 0) is 12.8 Å². The molecule has 0 unspecified atom stereocenters. The Morgan fingerprint density at radius 3 is 2.63 bits per heavy atom. The van der Waals surface area contributed by atoms with Crippen LogP contribution < -0.4 is 10.6 Å². The van der Waals surface area contributed by atoms with Gasteiger partial charge in [-0.15, -0.1) is 6.42 Å². The average molecular weight is 398 g/mol. The van der Waals surface area contributed by atoms with Crippen LogP contribution in [-0.4, -0.2) is 28.1 Å². The highest BCUT2D eigenvalue weighted by Gasteiger charge is 2.27. The third-order valence-corrected chi connectivity index (χ3v) is 5.19. The van der Waals surface area contributed by atoms with E-state index in [0.717, 1.165) is 36.2 Å². The van der Waals surface area contributed by atoms with Crippen molar-refractivity contribution in [2.75, 3.05) is 11.9 Å². The van der Waals surface area contributed by atoms with Crippen molar-refractivity contribution < 1.29 is 9.59 Å². The van der Waals surface area contributed by atoms with Crippen molar-refractivity contribution in [2.24, 2.45) is 0 Å². The van der Waals surface area contributed by atoms with Crippen molar-refractivity contribution in [3.63, 3.8) is 0 Å². The number of hydrogen-bond donors (Lipinski definition) is 2. The summed E-state index contributed by atoms with van der Waals surface area (Å²) in [5.74, 6) is 1.72. The molecular weight excluding hydrogens is 376 g/mol. The summed E-state index contributed by atoms with van der Waals surface area (Å²) in [6.45, 7) is 2.16. The molecule has 0 bridgehead atoms. The summed E-state index contributed by atoms with van der Waals surface area (Å²) in [6.07, 6.45) is 7.90. The van der Waals surface area contributed by atoms with E-state index in [9.17, 15) is 9.59 Å². The van der Waals surface area contributed by atoms with Gasteiger partial charge in [-0.2, -0.15) is 5.10 Å². The zero-order chi connectivity index (χ0) is 21.1. The number of amides is 2. The summed E-state index contributed by atoms with van der Waals surface area (Å²) >= 11 is 0. The van der Waals surface area contributed by atoms with E-state index in [-0.39, 0.29) is 18.4 Å². The van der Waals surface area contributed by atoms with Gasteiger partial charge in [-0.25, -0.2) is 4.68 Å². The highest BCUT2D eigenvalue weighted by Crippen LogP contribution is 2.29. The number of rotatable bonds is 5. The fourth-order valence-electron chi connectivity index (χ4n) is 3.72. The summed E-state index contributed by atoms with van der Waals surface area (Å²) in [5, 5.41) is 10.1. The number of carbonyl (C=O) groups excluding carboxylic acids is 2. The number of aryl methyl sites for hydroxylation is 1. The summed E-state index contributed by atoms with van der Waals surface area (Å²) in [5.41, 5.74) is 5.34. The third-order valence-electron chi connectivity index (χ3n) is 5.19. The van der Waals surface area contributed by atoms with E-state index in [4.69, 9.17) is 6.42 Å². The van der Waals surface area contributed by atoms with Crippen LogP contribution in [0.5, 0.6) is 0 Å². The Kier molecular flexibility index (Phi) is 5.36. The first-order chi connectivity index (χ1) is 14.6. The normalized spacial score (nSPS) is 12.1. The number of fused-ring (bicyclic) bond motifs is 1. The Labute approximate surface area is 175 Å². The molecule has 1 aliphatic carbocycles. The standard InChI is InChI=1S/C24H22N4O2/c1-3-15-25-23(29)18-7-4-5-9-20(18)26-24(30)22-19-8-6-10-21(19)28(27-22)17-13-11-16(2)12-14-17/h1,4-5,7,9,11-14H,6,8,10,15H2,2H3,(H,25,29)(H,26,30). The van der Waals surface area contributed by atoms with Gasteiger partial charge in [0, 0.05) is 11.3 Å². The van der Waals surface area contributed by atoms with Crippen molar-refractivity contribution in [2.45, 2.75) is 26.2 Å². The maximum absolute atomic E-state index is 13.1. The molecule has 6 nitrogen and oxygen atoms in total. The second-order valence-electron chi connectivity index (χ2n) is 7.26. The van der Waals surface area contributed by atoms with E-state index in [0.29, 0.717) is 16.9 Å². The highest BCUT2D eigenvalue weighted by atomic mass is 16.2. The molecule has 0 radical (unpaired) electrons. The minimum absolute atomic E-state index is 0.121. The molecule has 0 saturated carbocycles. The number of nitrogens with one attached hydrogen (secondary N) is 2. The molecule has 0 aliphatic heterocycles. The summed E-state index contributed by atoms with van der Waals surface area (Å²) in [7, 11) is 0. The van der Waals surface area contributed by atoms with E-state index in [1.807, 2.05) is 35.9 Å². The molecule has 30 heavy (non-hydrogen) atoms. The Hall–Kier alpha value is -3.85. The second-order valence-corrected chi connectivity index (χ2v) is 7.26. The minimum atomic E-state index is -0.334.